The van der Waals surface area contributed by atoms with Gasteiger partial charge in [0.25, 0.3) is 0 Å². The fourth-order valence-corrected chi connectivity index (χ4v) is 4.07. The summed E-state index contributed by atoms with van der Waals surface area (Å²) in [5.41, 5.74) is 1.25. The van der Waals surface area contributed by atoms with Gasteiger partial charge in [-0.05, 0) is 63.0 Å². The molecule has 1 amide bonds. The molecule has 1 aromatic rings. The van der Waals surface area contributed by atoms with Gasteiger partial charge in [-0.3, -0.25) is 19.6 Å². The summed E-state index contributed by atoms with van der Waals surface area (Å²) in [6.07, 6.45) is 2.84. The van der Waals surface area contributed by atoms with Gasteiger partial charge < -0.3 is 5.32 Å². The van der Waals surface area contributed by atoms with Crippen LogP contribution in [-0.4, -0.2) is 65.6 Å². The van der Waals surface area contributed by atoms with Crippen LogP contribution in [-0.2, 0) is 11.3 Å². The van der Waals surface area contributed by atoms with Gasteiger partial charge in [-0.2, -0.15) is 13.2 Å². The molecule has 0 spiro atoms. The lowest BCUT2D eigenvalue weighted by Gasteiger charge is -2.42. The second kappa shape index (κ2) is 9.01. The molecule has 0 aliphatic carbocycles. The van der Waals surface area contributed by atoms with Gasteiger partial charge in [-0.25, -0.2) is 0 Å². The number of carbonyl (C=O) groups is 1. The lowest BCUT2D eigenvalue weighted by molar-refractivity contribution is -0.142. The highest BCUT2D eigenvalue weighted by atomic mass is 19.4. The number of nitrogens with one attached hydrogen (secondary N) is 1. The van der Waals surface area contributed by atoms with E-state index < -0.39 is 18.6 Å². The predicted octanol–water partition coefficient (Wildman–Crippen LogP) is 2.44. The fourth-order valence-electron chi connectivity index (χ4n) is 4.07. The summed E-state index contributed by atoms with van der Waals surface area (Å²) >= 11 is 0. The molecule has 1 unspecified atom stereocenters. The molecular formula is C19H27F3N4O. The SMILES string of the molecule is O=C(NCC(F)(F)F)C1CCCN(C2CCN(Cc3ccncc3)CC2)C1. The van der Waals surface area contributed by atoms with Gasteiger partial charge in [-0.15, -0.1) is 0 Å². The smallest absolute Gasteiger partial charge is 0.347 e. The van der Waals surface area contributed by atoms with Crippen LogP contribution in [0.5, 0.6) is 0 Å². The van der Waals surface area contributed by atoms with Gasteiger partial charge in [-0.1, -0.05) is 0 Å². The number of nitrogens with zero attached hydrogens (tertiary/aromatic N) is 3. The number of amides is 1. The quantitative estimate of drug-likeness (QED) is 0.847. The Morgan fingerprint density at radius 2 is 1.85 bits per heavy atom. The minimum absolute atomic E-state index is 0.337. The van der Waals surface area contributed by atoms with Crippen molar-refractivity contribution in [3.8, 4) is 0 Å². The Kier molecular flexibility index (Phi) is 6.70. The van der Waals surface area contributed by atoms with Crippen LogP contribution >= 0.6 is 0 Å². The van der Waals surface area contributed by atoms with Crippen molar-refractivity contribution >= 4 is 5.91 Å². The number of piperidine rings is 2. The zero-order valence-electron chi connectivity index (χ0n) is 15.4. The molecule has 8 heteroatoms. The molecular weight excluding hydrogens is 357 g/mol. The van der Waals surface area contributed by atoms with Crippen LogP contribution in [0.15, 0.2) is 24.5 Å². The first-order chi connectivity index (χ1) is 12.9. The second-order valence-corrected chi connectivity index (χ2v) is 7.53. The lowest BCUT2D eigenvalue weighted by atomic mass is 9.93. The summed E-state index contributed by atoms with van der Waals surface area (Å²) in [6.45, 7) is 3.16. The number of alkyl halides is 3. The van der Waals surface area contributed by atoms with E-state index in [1.807, 2.05) is 17.4 Å². The predicted molar refractivity (Wildman–Crippen MR) is 95.9 cm³/mol. The Morgan fingerprint density at radius 3 is 2.52 bits per heavy atom. The van der Waals surface area contributed by atoms with Crippen molar-refractivity contribution in [1.82, 2.24) is 20.1 Å². The van der Waals surface area contributed by atoms with Crippen molar-refractivity contribution < 1.29 is 18.0 Å². The van der Waals surface area contributed by atoms with Crippen LogP contribution in [0.2, 0.25) is 0 Å². The van der Waals surface area contributed by atoms with E-state index in [0.29, 0.717) is 19.0 Å². The molecule has 5 nitrogen and oxygen atoms in total. The minimum Gasteiger partial charge on any atom is -0.347 e. The third-order valence-electron chi connectivity index (χ3n) is 5.52. The Bertz CT molecular complexity index is 603. The van der Waals surface area contributed by atoms with E-state index in [-0.39, 0.29) is 5.92 Å². The average molecular weight is 384 g/mol. The highest BCUT2D eigenvalue weighted by Gasteiger charge is 2.33. The molecule has 2 saturated heterocycles. The maximum atomic E-state index is 12.3. The molecule has 0 bridgehead atoms. The highest BCUT2D eigenvalue weighted by Crippen LogP contribution is 2.25. The number of hydrogen-bond acceptors (Lipinski definition) is 4. The van der Waals surface area contributed by atoms with Crippen LogP contribution < -0.4 is 5.32 Å². The molecule has 150 valence electrons. The van der Waals surface area contributed by atoms with Crippen LogP contribution in [0.3, 0.4) is 0 Å². The van der Waals surface area contributed by atoms with Gasteiger partial charge in [0.05, 0.1) is 5.92 Å². The Morgan fingerprint density at radius 1 is 1.15 bits per heavy atom. The minimum atomic E-state index is -4.36. The monoisotopic (exact) mass is 384 g/mol. The number of carbonyl (C=O) groups excluding carboxylic acids is 1. The highest BCUT2D eigenvalue weighted by molar-refractivity contribution is 5.79. The largest absolute Gasteiger partial charge is 0.405 e. The van der Waals surface area contributed by atoms with Gasteiger partial charge in [0, 0.05) is 31.5 Å². The lowest BCUT2D eigenvalue weighted by Crippen LogP contribution is -2.51. The van der Waals surface area contributed by atoms with E-state index in [2.05, 4.69) is 14.8 Å². The van der Waals surface area contributed by atoms with Gasteiger partial charge in [0.2, 0.25) is 5.91 Å². The molecule has 2 fully saturated rings. The van der Waals surface area contributed by atoms with Crippen molar-refractivity contribution in [1.29, 1.82) is 0 Å². The molecule has 0 aromatic carbocycles. The van der Waals surface area contributed by atoms with E-state index >= 15 is 0 Å². The molecule has 0 saturated carbocycles. The molecule has 1 aromatic heterocycles. The van der Waals surface area contributed by atoms with Gasteiger partial charge in [0.15, 0.2) is 0 Å². The Hall–Kier alpha value is -1.67. The molecule has 3 heterocycles. The van der Waals surface area contributed by atoms with Crippen molar-refractivity contribution in [2.45, 2.75) is 44.4 Å². The summed E-state index contributed by atoms with van der Waals surface area (Å²) in [6, 6.07) is 4.47. The number of rotatable bonds is 5. The van der Waals surface area contributed by atoms with Crippen molar-refractivity contribution in [2.24, 2.45) is 5.92 Å². The van der Waals surface area contributed by atoms with E-state index in [1.165, 1.54) is 5.56 Å². The van der Waals surface area contributed by atoms with Gasteiger partial charge in [0.1, 0.15) is 6.54 Å². The van der Waals surface area contributed by atoms with Crippen molar-refractivity contribution in [2.75, 3.05) is 32.7 Å². The van der Waals surface area contributed by atoms with Crippen LogP contribution in [0.25, 0.3) is 0 Å². The van der Waals surface area contributed by atoms with Crippen LogP contribution in [0.1, 0.15) is 31.2 Å². The van der Waals surface area contributed by atoms with Crippen molar-refractivity contribution in [3.63, 3.8) is 0 Å². The molecule has 0 radical (unpaired) electrons. The number of pyridine rings is 1. The second-order valence-electron chi connectivity index (χ2n) is 7.53. The average Bonchev–Trinajstić information content (AvgIpc) is 2.67. The number of aromatic nitrogens is 1. The van der Waals surface area contributed by atoms with E-state index in [4.69, 9.17) is 0 Å². The zero-order valence-corrected chi connectivity index (χ0v) is 15.4. The number of halogens is 3. The molecule has 3 rings (SSSR count). The standard InChI is InChI=1S/C19H27F3N4O/c20-19(21,22)14-24-18(27)16-2-1-9-26(13-16)17-5-10-25(11-6-17)12-15-3-7-23-8-4-15/h3-4,7-8,16-17H,1-2,5-6,9-14H2,(H,24,27). The fraction of sp³-hybridized carbons (Fsp3) is 0.684. The first kappa shape index (κ1) is 20.1. The summed E-state index contributed by atoms with van der Waals surface area (Å²) in [5.74, 6) is -0.803. The summed E-state index contributed by atoms with van der Waals surface area (Å²) in [7, 11) is 0. The first-order valence-electron chi connectivity index (χ1n) is 9.60. The number of hydrogen-bond donors (Lipinski definition) is 1. The van der Waals surface area contributed by atoms with Crippen LogP contribution in [0, 0.1) is 5.92 Å². The third kappa shape index (κ3) is 6.17. The van der Waals surface area contributed by atoms with E-state index in [1.54, 1.807) is 12.4 Å². The first-order valence-corrected chi connectivity index (χ1v) is 9.60. The van der Waals surface area contributed by atoms with E-state index in [9.17, 15) is 18.0 Å². The molecule has 1 N–H and O–H groups in total. The number of likely N-dealkylation sites (tertiary alicyclic amines) is 2. The normalized spacial score (nSPS) is 23.3. The Balaban J connectivity index is 1.44. The van der Waals surface area contributed by atoms with Gasteiger partial charge >= 0.3 is 6.18 Å². The molecule has 27 heavy (non-hydrogen) atoms. The Labute approximate surface area is 157 Å². The van der Waals surface area contributed by atoms with E-state index in [0.717, 1.165) is 45.4 Å². The van der Waals surface area contributed by atoms with Crippen molar-refractivity contribution in [3.05, 3.63) is 30.1 Å². The summed E-state index contributed by atoms with van der Waals surface area (Å²) < 4.78 is 36.9. The maximum absolute atomic E-state index is 12.3. The molecule has 2 aliphatic rings. The topological polar surface area (TPSA) is 48.5 Å². The molecule has 2 aliphatic heterocycles. The summed E-state index contributed by atoms with van der Waals surface area (Å²) in [4.78, 5) is 20.8. The molecule has 1 atom stereocenters. The summed E-state index contributed by atoms with van der Waals surface area (Å²) in [5, 5.41) is 2.05. The third-order valence-corrected chi connectivity index (χ3v) is 5.52. The maximum Gasteiger partial charge on any atom is 0.405 e. The zero-order chi connectivity index (χ0) is 19.3. The van der Waals surface area contributed by atoms with Crippen LogP contribution in [0.4, 0.5) is 13.2 Å².